The van der Waals surface area contributed by atoms with E-state index in [9.17, 15) is 13.6 Å². The smallest absolute Gasteiger partial charge is 0.345 e. The molecule has 8 heteroatoms. The summed E-state index contributed by atoms with van der Waals surface area (Å²) < 4.78 is 29.8. The maximum absolute atomic E-state index is 12.4. The normalized spacial score (nSPS) is 15.4. The van der Waals surface area contributed by atoms with E-state index < -0.39 is 12.4 Å². The summed E-state index contributed by atoms with van der Waals surface area (Å²) in [7, 11) is 0. The quantitative estimate of drug-likeness (QED) is 0.940. The highest BCUT2D eigenvalue weighted by atomic mass is 32.1. The number of nitrogens with zero attached hydrogens (tertiary/aromatic N) is 2. The summed E-state index contributed by atoms with van der Waals surface area (Å²) >= 11 is 1.26. The predicted octanol–water partition coefficient (Wildman–Crippen LogP) is 2.93. The van der Waals surface area contributed by atoms with E-state index in [1.165, 1.54) is 17.4 Å². The third-order valence-electron chi connectivity index (χ3n) is 3.35. The van der Waals surface area contributed by atoms with Crippen LogP contribution in [0.2, 0.25) is 0 Å². The van der Waals surface area contributed by atoms with E-state index in [-0.39, 0.29) is 5.69 Å². The molecule has 1 N–H and O–H groups in total. The monoisotopic (exact) mass is 314 g/mol. The summed E-state index contributed by atoms with van der Waals surface area (Å²) in [5.41, 5.74) is 0.700. The molecular formula is C13H12F2N2O3S. The Morgan fingerprint density at radius 2 is 2.33 bits per heavy atom. The van der Waals surface area contributed by atoms with Crippen molar-refractivity contribution in [3.05, 3.63) is 38.9 Å². The number of aromatic carboxylic acids is 1. The number of halogens is 2. The van der Waals surface area contributed by atoms with Gasteiger partial charge in [0.05, 0.1) is 6.54 Å². The van der Waals surface area contributed by atoms with Crippen molar-refractivity contribution in [3.63, 3.8) is 0 Å². The first-order valence-corrected chi connectivity index (χ1v) is 7.15. The molecule has 2 aromatic heterocycles. The highest BCUT2D eigenvalue weighted by Crippen LogP contribution is 2.29. The van der Waals surface area contributed by atoms with Crippen molar-refractivity contribution in [1.82, 2.24) is 10.1 Å². The fraction of sp³-hybridized carbons (Fsp3) is 0.385. The second-order valence-electron chi connectivity index (χ2n) is 4.84. The number of hydrogen-bond acceptors (Lipinski definition) is 5. The van der Waals surface area contributed by atoms with Crippen LogP contribution in [0.5, 0.6) is 0 Å². The Balaban J connectivity index is 1.69. The molecule has 0 saturated heterocycles. The first-order valence-electron chi connectivity index (χ1n) is 6.34. The molecule has 0 atom stereocenters. The van der Waals surface area contributed by atoms with Gasteiger partial charge in [-0.3, -0.25) is 4.90 Å². The van der Waals surface area contributed by atoms with Gasteiger partial charge in [0.25, 0.3) is 6.43 Å². The summed E-state index contributed by atoms with van der Waals surface area (Å²) in [5, 5.41) is 12.3. The van der Waals surface area contributed by atoms with Crippen LogP contribution in [0.4, 0.5) is 8.78 Å². The zero-order valence-electron chi connectivity index (χ0n) is 10.9. The number of thiophene rings is 1. The summed E-state index contributed by atoms with van der Waals surface area (Å²) in [6.07, 6.45) is -1.89. The minimum absolute atomic E-state index is 0.335. The van der Waals surface area contributed by atoms with E-state index in [2.05, 4.69) is 5.16 Å². The zero-order chi connectivity index (χ0) is 15.0. The van der Waals surface area contributed by atoms with E-state index in [4.69, 9.17) is 9.63 Å². The lowest BCUT2D eigenvalue weighted by Gasteiger charge is -2.25. The van der Waals surface area contributed by atoms with Crippen LogP contribution in [0.3, 0.4) is 0 Å². The van der Waals surface area contributed by atoms with Crippen LogP contribution in [0, 0.1) is 0 Å². The van der Waals surface area contributed by atoms with Crippen LogP contribution in [0.15, 0.2) is 16.7 Å². The third-order valence-corrected chi connectivity index (χ3v) is 4.50. The van der Waals surface area contributed by atoms with Crippen molar-refractivity contribution in [2.45, 2.75) is 25.9 Å². The molecule has 0 spiro atoms. The largest absolute Gasteiger partial charge is 0.477 e. The van der Waals surface area contributed by atoms with E-state index in [1.54, 1.807) is 6.07 Å². The molecule has 0 radical (unpaired) electrons. The van der Waals surface area contributed by atoms with Gasteiger partial charge in [-0.05, 0) is 18.1 Å². The molecule has 0 amide bonds. The maximum Gasteiger partial charge on any atom is 0.345 e. The van der Waals surface area contributed by atoms with Crippen molar-refractivity contribution in [2.24, 2.45) is 0 Å². The lowest BCUT2D eigenvalue weighted by Crippen LogP contribution is -2.28. The zero-order valence-corrected chi connectivity index (χ0v) is 11.7. The van der Waals surface area contributed by atoms with Gasteiger partial charge in [-0.25, -0.2) is 13.6 Å². The van der Waals surface area contributed by atoms with Crippen LogP contribution in [0.25, 0.3) is 0 Å². The third kappa shape index (κ3) is 2.96. The molecule has 3 rings (SSSR count). The Kier molecular flexibility index (Phi) is 3.73. The van der Waals surface area contributed by atoms with Gasteiger partial charge in [-0.15, -0.1) is 11.3 Å². The molecule has 112 valence electrons. The molecular weight excluding hydrogens is 302 g/mol. The Labute approximate surface area is 122 Å². The van der Waals surface area contributed by atoms with E-state index >= 15 is 0 Å². The number of hydrogen-bond donors (Lipinski definition) is 1. The number of alkyl halides is 2. The predicted molar refractivity (Wildman–Crippen MR) is 70.6 cm³/mol. The summed E-state index contributed by atoms with van der Waals surface area (Å²) in [6, 6.07) is 2.97. The molecule has 3 heterocycles. The molecule has 21 heavy (non-hydrogen) atoms. The number of fused-ring (bicyclic) bond motifs is 1. The van der Waals surface area contributed by atoms with Gasteiger partial charge in [0.1, 0.15) is 10.6 Å². The first-order chi connectivity index (χ1) is 10.0. The number of carboxylic acid groups (broad SMARTS) is 1. The van der Waals surface area contributed by atoms with Gasteiger partial charge in [0.15, 0.2) is 5.76 Å². The fourth-order valence-electron chi connectivity index (χ4n) is 2.34. The minimum atomic E-state index is -2.63. The lowest BCUT2D eigenvalue weighted by molar-refractivity contribution is 0.0702. The highest BCUT2D eigenvalue weighted by Gasteiger charge is 2.23. The topological polar surface area (TPSA) is 66.6 Å². The van der Waals surface area contributed by atoms with Crippen molar-refractivity contribution >= 4 is 17.3 Å². The van der Waals surface area contributed by atoms with Crippen LogP contribution < -0.4 is 0 Å². The molecule has 5 nitrogen and oxygen atoms in total. The number of carbonyl (C=O) groups is 1. The van der Waals surface area contributed by atoms with Gasteiger partial charge in [-0.1, -0.05) is 5.16 Å². The van der Waals surface area contributed by atoms with Gasteiger partial charge in [0, 0.05) is 24.0 Å². The van der Waals surface area contributed by atoms with Gasteiger partial charge >= 0.3 is 5.97 Å². The molecule has 0 fully saturated rings. The minimum Gasteiger partial charge on any atom is -0.477 e. The average molecular weight is 314 g/mol. The Bertz CT molecular complexity index is 668. The van der Waals surface area contributed by atoms with E-state index in [0.29, 0.717) is 23.7 Å². The van der Waals surface area contributed by atoms with E-state index in [1.807, 2.05) is 4.90 Å². The van der Waals surface area contributed by atoms with Crippen molar-refractivity contribution < 1.29 is 23.2 Å². The second-order valence-corrected chi connectivity index (χ2v) is 5.98. The summed E-state index contributed by atoms with van der Waals surface area (Å²) in [6.45, 7) is 1.71. The number of carboxylic acids is 1. The molecule has 0 saturated carbocycles. The van der Waals surface area contributed by atoms with Crippen molar-refractivity contribution in [1.29, 1.82) is 0 Å². The SMILES string of the molecule is O=C(O)c1cc2c(s1)CN(Cc1cc(C(F)F)no1)CC2. The molecule has 0 bridgehead atoms. The van der Waals surface area contributed by atoms with Gasteiger partial charge in [-0.2, -0.15) is 0 Å². The highest BCUT2D eigenvalue weighted by molar-refractivity contribution is 7.14. The first kappa shape index (κ1) is 14.2. The standard InChI is InChI=1S/C13H12F2N2O3S/c14-12(15)9-4-8(20-16-9)5-17-2-1-7-3-10(13(18)19)21-11(7)6-17/h3-4,12H,1-2,5-6H2,(H,18,19). The Morgan fingerprint density at radius 1 is 1.52 bits per heavy atom. The number of rotatable bonds is 4. The van der Waals surface area contributed by atoms with Crippen molar-refractivity contribution in [2.75, 3.05) is 6.54 Å². The van der Waals surface area contributed by atoms with Crippen LogP contribution in [0.1, 0.15) is 38.0 Å². The molecule has 0 unspecified atom stereocenters. The summed E-state index contributed by atoms with van der Waals surface area (Å²) in [4.78, 5) is 14.3. The average Bonchev–Trinajstić information content (AvgIpc) is 3.04. The van der Waals surface area contributed by atoms with Crippen molar-refractivity contribution in [3.8, 4) is 0 Å². The molecule has 0 aliphatic carbocycles. The number of aromatic nitrogens is 1. The Morgan fingerprint density at radius 3 is 3.00 bits per heavy atom. The molecule has 1 aliphatic rings. The molecule has 0 aromatic carbocycles. The van der Waals surface area contributed by atoms with Gasteiger partial charge in [0.2, 0.25) is 0 Å². The maximum atomic E-state index is 12.4. The molecule has 2 aromatic rings. The van der Waals surface area contributed by atoms with E-state index in [0.717, 1.165) is 23.4 Å². The second kappa shape index (κ2) is 5.53. The molecule has 1 aliphatic heterocycles. The summed E-state index contributed by atoms with van der Waals surface area (Å²) in [5.74, 6) is -0.526. The fourth-order valence-corrected chi connectivity index (χ4v) is 3.43. The Hall–Kier alpha value is -1.80. The van der Waals surface area contributed by atoms with Crippen LogP contribution in [-0.2, 0) is 19.5 Å². The van der Waals surface area contributed by atoms with Gasteiger partial charge < -0.3 is 9.63 Å². The van der Waals surface area contributed by atoms with Crippen LogP contribution >= 0.6 is 11.3 Å². The lowest BCUT2D eigenvalue weighted by atomic mass is 10.1. The van der Waals surface area contributed by atoms with Crippen LogP contribution in [-0.4, -0.2) is 27.7 Å².